The Balaban J connectivity index is 0.00000405. The molecular weight excluding hydrogens is 556 g/mol. The molecule has 3 N–H and O–H groups in total. The minimum absolute atomic E-state index is 0. The molecule has 220 valence electrons. The highest BCUT2D eigenvalue weighted by Crippen LogP contribution is 2.29. The molecule has 0 spiro atoms. The number of oxazole rings is 1. The lowest BCUT2D eigenvalue weighted by molar-refractivity contribution is -0.154. The maximum atomic E-state index is 12.7. The number of carboxylic acids is 1. The number of hydrogen-bond donors (Lipinski definition) is 2. The van der Waals surface area contributed by atoms with Gasteiger partial charge in [-0.05, 0) is 79.1 Å². The lowest BCUT2D eigenvalue weighted by Crippen LogP contribution is -2.32. The number of esters is 1. The molecule has 0 saturated heterocycles. The highest BCUT2D eigenvalue weighted by Gasteiger charge is 2.27. The van der Waals surface area contributed by atoms with E-state index in [0.29, 0.717) is 35.8 Å². The van der Waals surface area contributed by atoms with Crippen molar-refractivity contribution in [2.24, 2.45) is 5.73 Å². The van der Waals surface area contributed by atoms with E-state index in [1.807, 2.05) is 37.3 Å². The lowest BCUT2D eigenvalue weighted by Gasteiger charge is -2.27. The molecule has 0 bridgehead atoms. The summed E-state index contributed by atoms with van der Waals surface area (Å²) in [4.78, 5) is 28.5. The van der Waals surface area contributed by atoms with Crippen LogP contribution in [0.15, 0.2) is 77.2 Å². The van der Waals surface area contributed by atoms with E-state index in [2.05, 4.69) is 24.3 Å². The van der Waals surface area contributed by atoms with Gasteiger partial charge in [0.25, 0.3) is 0 Å². The van der Waals surface area contributed by atoms with Gasteiger partial charge in [0.15, 0.2) is 0 Å². The fourth-order valence-electron chi connectivity index (χ4n) is 4.76. The van der Waals surface area contributed by atoms with Crippen molar-refractivity contribution in [2.45, 2.75) is 57.6 Å². The molecule has 1 aliphatic rings. The van der Waals surface area contributed by atoms with E-state index in [4.69, 9.17) is 29.7 Å². The predicted octanol–water partition coefficient (Wildman–Crippen LogP) is 6.47. The summed E-state index contributed by atoms with van der Waals surface area (Å²) in [7, 11) is 0. The number of aryl methyl sites for hydroxylation is 2. The number of carbonyl (C=O) groups excluding carboxylic acids is 1. The summed E-state index contributed by atoms with van der Waals surface area (Å²) in [5, 5.41) is 9.15. The first-order valence-electron chi connectivity index (χ1n) is 13.9. The van der Waals surface area contributed by atoms with Crippen molar-refractivity contribution < 1.29 is 28.6 Å². The summed E-state index contributed by atoms with van der Waals surface area (Å²) in [6.45, 7) is 2.21. The molecule has 1 aromatic heterocycles. The van der Waals surface area contributed by atoms with Crippen LogP contribution in [0.25, 0.3) is 22.6 Å². The third kappa shape index (κ3) is 7.57. The standard InChI is InChI=1S/C33H34N2O6.ClH/c1-21-29(35-32(40-21)25-12-10-23(11-13-25)22-6-3-2-4-7-22)18-19-39-27-16-14-24(15-17-30(36)37)28(20-27)31(34)33(38)41-26-8-5-9-26;/h2-4,6-7,10-14,16,20,26,31H,5,8-9,15,17-19,34H2,1H3,(H,36,37);1H. The second-order valence-electron chi connectivity index (χ2n) is 10.3. The molecule has 1 saturated carbocycles. The molecule has 1 aliphatic carbocycles. The van der Waals surface area contributed by atoms with Crippen LogP contribution in [0.4, 0.5) is 0 Å². The van der Waals surface area contributed by atoms with E-state index in [9.17, 15) is 9.59 Å². The minimum Gasteiger partial charge on any atom is -0.493 e. The number of rotatable bonds is 12. The van der Waals surface area contributed by atoms with Crippen molar-refractivity contribution in [2.75, 3.05) is 6.61 Å². The van der Waals surface area contributed by atoms with Crippen LogP contribution in [0.3, 0.4) is 0 Å². The molecule has 3 aromatic carbocycles. The van der Waals surface area contributed by atoms with Crippen molar-refractivity contribution in [3.8, 4) is 28.3 Å². The third-order valence-corrected chi connectivity index (χ3v) is 7.39. The Labute approximate surface area is 251 Å². The molecule has 42 heavy (non-hydrogen) atoms. The maximum Gasteiger partial charge on any atom is 0.327 e. The van der Waals surface area contributed by atoms with E-state index in [-0.39, 0.29) is 31.4 Å². The molecule has 0 aliphatic heterocycles. The van der Waals surface area contributed by atoms with E-state index in [1.165, 1.54) is 0 Å². The first-order valence-corrected chi connectivity index (χ1v) is 13.9. The number of nitrogens with two attached hydrogens (primary N) is 1. The Bertz CT molecular complexity index is 1500. The SMILES string of the molecule is Cc1oc(-c2ccc(-c3ccccc3)cc2)nc1CCOc1ccc(CCC(=O)O)c(C(N)C(=O)OC2CCC2)c1.Cl. The largest absolute Gasteiger partial charge is 0.493 e. The van der Waals surface area contributed by atoms with Crippen LogP contribution in [0.1, 0.15) is 54.3 Å². The van der Waals surface area contributed by atoms with Crippen LogP contribution >= 0.6 is 12.4 Å². The second-order valence-corrected chi connectivity index (χ2v) is 10.3. The van der Waals surface area contributed by atoms with Crippen LogP contribution in [0, 0.1) is 6.92 Å². The summed E-state index contributed by atoms with van der Waals surface area (Å²) in [6.07, 6.45) is 3.33. The number of nitrogens with zero attached hydrogens (tertiary/aromatic N) is 1. The number of halogens is 1. The molecule has 1 unspecified atom stereocenters. The Hall–Kier alpha value is -4.14. The average molecular weight is 591 g/mol. The number of hydrogen-bond acceptors (Lipinski definition) is 7. The molecule has 5 rings (SSSR count). The summed E-state index contributed by atoms with van der Waals surface area (Å²) >= 11 is 0. The van der Waals surface area contributed by atoms with Crippen molar-refractivity contribution >= 4 is 24.3 Å². The maximum absolute atomic E-state index is 12.7. The van der Waals surface area contributed by atoms with Gasteiger partial charge < -0.3 is 24.7 Å². The van der Waals surface area contributed by atoms with Gasteiger partial charge in [-0.1, -0.05) is 48.5 Å². The van der Waals surface area contributed by atoms with Crippen LogP contribution in [-0.4, -0.2) is 34.7 Å². The molecule has 4 aromatic rings. The first-order chi connectivity index (χ1) is 19.9. The van der Waals surface area contributed by atoms with Crippen LogP contribution in [-0.2, 0) is 27.2 Å². The molecule has 1 atom stereocenters. The number of aliphatic carboxylic acids is 1. The normalized spacial score (nSPS) is 13.5. The quantitative estimate of drug-likeness (QED) is 0.180. The molecule has 8 nitrogen and oxygen atoms in total. The van der Waals surface area contributed by atoms with Gasteiger partial charge in [0.05, 0.1) is 12.3 Å². The molecule has 1 heterocycles. The van der Waals surface area contributed by atoms with Crippen molar-refractivity contribution in [1.29, 1.82) is 0 Å². The molecular formula is C33H35ClN2O6. The van der Waals surface area contributed by atoms with Gasteiger partial charge in [0.1, 0.15) is 23.7 Å². The number of ether oxygens (including phenoxy) is 2. The van der Waals surface area contributed by atoms with Crippen LogP contribution in [0.5, 0.6) is 5.75 Å². The van der Waals surface area contributed by atoms with E-state index in [1.54, 1.807) is 18.2 Å². The van der Waals surface area contributed by atoms with Gasteiger partial charge in [0.2, 0.25) is 5.89 Å². The lowest BCUT2D eigenvalue weighted by atomic mass is 9.95. The monoisotopic (exact) mass is 590 g/mol. The second kappa shape index (κ2) is 14.2. The Morgan fingerprint density at radius 1 is 1.00 bits per heavy atom. The Morgan fingerprint density at radius 3 is 2.36 bits per heavy atom. The Kier molecular flexibility index (Phi) is 10.4. The molecule has 0 radical (unpaired) electrons. The van der Waals surface area contributed by atoms with Crippen molar-refractivity contribution in [1.82, 2.24) is 4.98 Å². The van der Waals surface area contributed by atoms with Gasteiger partial charge in [-0.25, -0.2) is 9.78 Å². The molecule has 9 heteroatoms. The first kappa shape index (κ1) is 30.8. The fourth-order valence-corrected chi connectivity index (χ4v) is 4.76. The van der Waals surface area contributed by atoms with Gasteiger partial charge in [-0.2, -0.15) is 0 Å². The number of carboxylic acid groups (broad SMARTS) is 1. The van der Waals surface area contributed by atoms with E-state index < -0.39 is 18.0 Å². The predicted molar refractivity (Wildman–Crippen MR) is 162 cm³/mol. The molecule has 1 fully saturated rings. The minimum atomic E-state index is -1.02. The summed E-state index contributed by atoms with van der Waals surface area (Å²) in [5.74, 6) is 0.380. The topological polar surface area (TPSA) is 125 Å². The fraction of sp³-hybridized carbons (Fsp3) is 0.303. The van der Waals surface area contributed by atoms with Crippen molar-refractivity contribution in [3.63, 3.8) is 0 Å². The average Bonchev–Trinajstić information content (AvgIpc) is 3.34. The zero-order valence-corrected chi connectivity index (χ0v) is 24.3. The van der Waals surface area contributed by atoms with Crippen molar-refractivity contribution in [3.05, 3.63) is 95.4 Å². The number of carbonyl (C=O) groups is 2. The van der Waals surface area contributed by atoms with Crippen LogP contribution in [0.2, 0.25) is 0 Å². The molecule has 0 amide bonds. The highest BCUT2D eigenvalue weighted by molar-refractivity contribution is 5.85. The van der Waals surface area contributed by atoms with Crippen LogP contribution < -0.4 is 10.5 Å². The summed E-state index contributed by atoms with van der Waals surface area (Å²) < 4.78 is 17.5. The highest BCUT2D eigenvalue weighted by atomic mass is 35.5. The zero-order valence-electron chi connectivity index (χ0n) is 23.5. The van der Waals surface area contributed by atoms with Gasteiger partial charge in [-0.15, -0.1) is 12.4 Å². The summed E-state index contributed by atoms with van der Waals surface area (Å²) in [6, 6.07) is 22.5. The summed E-state index contributed by atoms with van der Waals surface area (Å²) in [5.41, 5.74) is 11.4. The smallest absolute Gasteiger partial charge is 0.327 e. The Morgan fingerprint density at radius 2 is 1.69 bits per heavy atom. The zero-order chi connectivity index (χ0) is 28.8. The number of aromatic nitrogens is 1. The number of benzene rings is 3. The van der Waals surface area contributed by atoms with E-state index in [0.717, 1.165) is 47.4 Å². The third-order valence-electron chi connectivity index (χ3n) is 7.39. The van der Waals surface area contributed by atoms with Gasteiger partial charge in [0, 0.05) is 18.4 Å². The van der Waals surface area contributed by atoms with E-state index >= 15 is 0 Å². The van der Waals surface area contributed by atoms with Gasteiger partial charge >= 0.3 is 11.9 Å². The van der Waals surface area contributed by atoms with Gasteiger partial charge in [-0.3, -0.25) is 4.79 Å².